The van der Waals surface area contributed by atoms with Crippen LogP contribution in [0.1, 0.15) is 11.1 Å². The van der Waals surface area contributed by atoms with Gasteiger partial charge < -0.3 is 4.57 Å². The quantitative estimate of drug-likeness (QED) is 0.201. The van der Waals surface area contributed by atoms with Gasteiger partial charge in [0.1, 0.15) is 5.82 Å². The van der Waals surface area contributed by atoms with Gasteiger partial charge in [-0.3, -0.25) is 4.57 Å². The molecule has 9 aromatic rings. The van der Waals surface area contributed by atoms with Crippen LogP contribution in [0.2, 0.25) is 0 Å². The van der Waals surface area contributed by atoms with Crippen LogP contribution in [-0.4, -0.2) is 14.1 Å². The lowest BCUT2D eigenvalue weighted by molar-refractivity contribution is 0.971. The summed E-state index contributed by atoms with van der Waals surface area (Å²) in [6.45, 7) is 0. The summed E-state index contributed by atoms with van der Waals surface area (Å²) in [5, 5.41) is 5.29. The minimum atomic E-state index is 0.926. The van der Waals surface area contributed by atoms with E-state index >= 15 is 0 Å². The molecule has 0 radical (unpaired) electrons. The fraction of sp³-hybridized carbons (Fsp3) is 0.0465. The second-order valence-corrected chi connectivity index (χ2v) is 12.3. The van der Waals surface area contributed by atoms with Gasteiger partial charge in [0.05, 0.1) is 27.8 Å². The fourth-order valence-corrected chi connectivity index (χ4v) is 7.77. The van der Waals surface area contributed by atoms with Crippen molar-refractivity contribution in [1.82, 2.24) is 14.1 Å². The average molecular weight is 588 g/mol. The molecule has 0 amide bonds. The van der Waals surface area contributed by atoms with E-state index in [2.05, 4.69) is 161 Å². The first-order valence-electron chi connectivity index (χ1n) is 16.0. The summed E-state index contributed by atoms with van der Waals surface area (Å²) in [4.78, 5) is 5.30. The van der Waals surface area contributed by atoms with Gasteiger partial charge in [0, 0.05) is 32.8 Å². The molecule has 3 heteroatoms. The van der Waals surface area contributed by atoms with E-state index in [-0.39, 0.29) is 0 Å². The van der Waals surface area contributed by atoms with Crippen LogP contribution in [-0.2, 0) is 12.8 Å². The zero-order valence-corrected chi connectivity index (χ0v) is 25.2. The topological polar surface area (TPSA) is 22.8 Å². The van der Waals surface area contributed by atoms with Gasteiger partial charge in [0.2, 0.25) is 0 Å². The number of aryl methyl sites for hydroxylation is 2. The molecule has 0 aliphatic heterocycles. The molecule has 0 bridgehead atoms. The van der Waals surface area contributed by atoms with Gasteiger partial charge in [0.25, 0.3) is 0 Å². The normalized spacial score (nSPS) is 12.6. The molecule has 0 saturated carbocycles. The third-order valence-corrected chi connectivity index (χ3v) is 9.79. The van der Waals surface area contributed by atoms with E-state index in [4.69, 9.17) is 4.98 Å². The van der Waals surface area contributed by atoms with Crippen molar-refractivity contribution in [2.24, 2.45) is 0 Å². The molecule has 216 valence electrons. The second-order valence-electron chi connectivity index (χ2n) is 12.3. The zero-order valence-electron chi connectivity index (χ0n) is 25.2. The lowest BCUT2D eigenvalue weighted by Crippen LogP contribution is -2.02. The predicted molar refractivity (Wildman–Crippen MR) is 191 cm³/mol. The Morgan fingerprint density at radius 3 is 1.93 bits per heavy atom. The molecular formula is C43H29N3. The van der Waals surface area contributed by atoms with E-state index < -0.39 is 0 Å². The highest BCUT2D eigenvalue weighted by Crippen LogP contribution is 2.46. The van der Waals surface area contributed by atoms with Crippen molar-refractivity contribution in [1.29, 1.82) is 0 Å². The number of fused-ring (bicyclic) bond motifs is 4. The van der Waals surface area contributed by atoms with Gasteiger partial charge in [-0.15, -0.1) is 0 Å². The summed E-state index contributed by atoms with van der Waals surface area (Å²) in [7, 11) is 0. The minimum absolute atomic E-state index is 0.926. The summed E-state index contributed by atoms with van der Waals surface area (Å²) in [6.07, 6.45) is 2.10. The van der Waals surface area contributed by atoms with Crippen molar-refractivity contribution in [3.05, 3.63) is 163 Å². The van der Waals surface area contributed by atoms with E-state index in [1.165, 1.54) is 71.6 Å². The minimum Gasteiger partial charge on any atom is -0.307 e. The standard InChI is InChI=1S/C43H29N3/c1-3-11-28(12-4-1)29-23-25-33(26-24-29)45-38-19-9-15-31-21-22-32-27-35-34-16-7-8-18-37(34)46(42(35)43(45)41(32)40(31)38)39-20-10-17-36(44-39)30-13-5-2-6-14-30/h1-20,23-27H,21-22H2. The highest BCUT2D eigenvalue weighted by Gasteiger charge is 2.27. The largest absolute Gasteiger partial charge is 0.307 e. The first-order chi connectivity index (χ1) is 22.8. The maximum absolute atomic E-state index is 5.30. The van der Waals surface area contributed by atoms with Crippen molar-refractivity contribution >= 4 is 43.6 Å². The third-order valence-electron chi connectivity index (χ3n) is 9.79. The molecule has 46 heavy (non-hydrogen) atoms. The molecule has 6 aromatic carbocycles. The monoisotopic (exact) mass is 587 g/mol. The summed E-state index contributed by atoms with van der Waals surface area (Å²) in [5.74, 6) is 0.926. The Balaban J connectivity index is 1.35. The summed E-state index contributed by atoms with van der Waals surface area (Å²) in [5.41, 5.74) is 13.4. The Hall–Kier alpha value is -5.93. The van der Waals surface area contributed by atoms with E-state index in [0.29, 0.717) is 0 Å². The molecule has 0 spiro atoms. The Morgan fingerprint density at radius 2 is 1.11 bits per heavy atom. The van der Waals surface area contributed by atoms with Gasteiger partial charge in [-0.05, 0) is 77.6 Å². The first kappa shape index (κ1) is 25.4. The van der Waals surface area contributed by atoms with Gasteiger partial charge in [-0.2, -0.15) is 0 Å². The molecule has 1 aliphatic carbocycles. The number of para-hydroxylation sites is 1. The van der Waals surface area contributed by atoms with Crippen molar-refractivity contribution < 1.29 is 0 Å². The van der Waals surface area contributed by atoms with Crippen molar-refractivity contribution in [3.63, 3.8) is 0 Å². The number of rotatable bonds is 4. The summed E-state index contributed by atoms with van der Waals surface area (Å²) < 4.78 is 4.91. The van der Waals surface area contributed by atoms with Crippen LogP contribution in [0.15, 0.2) is 152 Å². The number of nitrogens with zero attached hydrogens (tertiary/aromatic N) is 3. The second kappa shape index (κ2) is 9.79. The van der Waals surface area contributed by atoms with Crippen molar-refractivity contribution in [3.8, 4) is 33.9 Å². The SMILES string of the molecule is c1ccc(-c2ccc(-n3c4cccc5c4c4c(cc6c7ccccc7n(-c7cccc(-c8ccccc8)n7)c6c43)CC5)cc2)cc1. The molecule has 10 rings (SSSR count). The number of aromatic nitrogens is 3. The molecular weight excluding hydrogens is 558 g/mol. The fourth-order valence-electron chi connectivity index (χ4n) is 7.77. The van der Waals surface area contributed by atoms with Crippen LogP contribution in [0.5, 0.6) is 0 Å². The molecule has 3 heterocycles. The highest BCUT2D eigenvalue weighted by atomic mass is 15.1. The predicted octanol–water partition coefficient (Wildman–Crippen LogP) is 10.7. The number of benzene rings is 6. The zero-order chi connectivity index (χ0) is 30.2. The first-order valence-corrected chi connectivity index (χ1v) is 16.0. The maximum Gasteiger partial charge on any atom is 0.138 e. The van der Waals surface area contributed by atoms with E-state index in [1.807, 2.05) is 0 Å². The van der Waals surface area contributed by atoms with Gasteiger partial charge in [0.15, 0.2) is 0 Å². The molecule has 0 atom stereocenters. The highest BCUT2D eigenvalue weighted by molar-refractivity contribution is 6.25. The maximum atomic E-state index is 5.30. The van der Waals surface area contributed by atoms with E-state index in [9.17, 15) is 0 Å². The van der Waals surface area contributed by atoms with Crippen molar-refractivity contribution in [2.75, 3.05) is 0 Å². The lowest BCUT2D eigenvalue weighted by atomic mass is 9.90. The van der Waals surface area contributed by atoms with Gasteiger partial charge >= 0.3 is 0 Å². The van der Waals surface area contributed by atoms with Gasteiger partial charge in [-0.1, -0.05) is 109 Å². The summed E-state index contributed by atoms with van der Waals surface area (Å²) >= 11 is 0. The van der Waals surface area contributed by atoms with Crippen LogP contribution < -0.4 is 0 Å². The van der Waals surface area contributed by atoms with Crippen LogP contribution in [0.3, 0.4) is 0 Å². The Labute approximate surface area is 266 Å². The smallest absolute Gasteiger partial charge is 0.138 e. The number of hydrogen-bond acceptors (Lipinski definition) is 1. The van der Waals surface area contributed by atoms with Crippen LogP contribution in [0.25, 0.3) is 77.5 Å². The third kappa shape index (κ3) is 3.63. The molecule has 0 saturated heterocycles. The average Bonchev–Trinajstić information content (AvgIpc) is 3.66. The van der Waals surface area contributed by atoms with Crippen LogP contribution >= 0.6 is 0 Å². The number of hydrogen-bond donors (Lipinski definition) is 0. The summed E-state index contributed by atoms with van der Waals surface area (Å²) in [6, 6.07) is 54.7. The molecule has 0 N–H and O–H groups in total. The molecule has 0 fully saturated rings. The lowest BCUT2D eigenvalue weighted by Gasteiger charge is -2.15. The molecule has 0 unspecified atom stereocenters. The molecule has 1 aliphatic rings. The Kier molecular flexibility index (Phi) is 5.40. The molecule has 3 aromatic heterocycles. The van der Waals surface area contributed by atoms with E-state index in [0.717, 1.165) is 29.9 Å². The molecule has 3 nitrogen and oxygen atoms in total. The number of pyridine rings is 1. The van der Waals surface area contributed by atoms with Crippen molar-refractivity contribution in [2.45, 2.75) is 12.8 Å². The van der Waals surface area contributed by atoms with E-state index in [1.54, 1.807) is 0 Å². The van der Waals surface area contributed by atoms with Gasteiger partial charge in [-0.25, -0.2) is 4.98 Å². The van der Waals surface area contributed by atoms with Crippen LogP contribution in [0, 0.1) is 0 Å². The van der Waals surface area contributed by atoms with Crippen LogP contribution in [0.4, 0.5) is 0 Å². The Bertz CT molecular complexity index is 2610. The Morgan fingerprint density at radius 1 is 0.435 bits per heavy atom.